The Hall–Kier alpha value is -3.18. The van der Waals surface area contributed by atoms with E-state index in [1.165, 1.54) is 135 Å². The highest BCUT2D eigenvalue weighted by Crippen LogP contribution is 2.14. The molecule has 5 heteroatoms. The zero-order valence-electron chi connectivity index (χ0n) is 43.4. The van der Waals surface area contributed by atoms with Crippen LogP contribution in [0, 0.1) is 0 Å². The van der Waals surface area contributed by atoms with Crippen LogP contribution in [0.2, 0.25) is 0 Å². The number of esters is 2. The number of carbonyl (C=O) groups excluding carboxylic acids is 2. The Morgan fingerprint density at radius 1 is 0.348 bits per heavy atom. The molecule has 0 aliphatic heterocycles. The molecule has 0 bridgehead atoms. The number of carbonyl (C=O) groups is 2. The fraction of sp³-hybridized carbons (Fsp3) is 0.705. The monoisotopic (exact) mass is 917 g/mol. The standard InChI is InChI=1S/C61H104O5/c1-4-7-10-13-16-19-22-25-28-30-31-33-34-36-39-42-45-48-51-54-60(62)65-58-59(57-64-56-53-50-47-44-41-38-27-24-21-18-15-12-9-6-3)66-61(63)55-52-49-46-43-40-37-35-32-29-26-23-20-17-14-11-8-5-2/h7,10,16-17,19-20,25-26,28-29,31,33,36,39,45,48,59H,4-6,8-9,11-15,18,21-24,27,30,32,34-35,37-38,40-44,46-47,49-58H2,1-3H3/b10-7-,19-16-,20-17-,28-25-,29-26-,33-31-,39-36-,48-45-. The van der Waals surface area contributed by atoms with Crippen molar-refractivity contribution in [3.05, 3.63) is 97.2 Å². The average Bonchev–Trinajstić information content (AvgIpc) is 3.32. The Bertz CT molecular complexity index is 1270. The van der Waals surface area contributed by atoms with Gasteiger partial charge in [-0.1, -0.05) is 246 Å². The van der Waals surface area contributed by atoms with Crippen LogP contribution in [0.15, 0.2) is 97.2 Å². The van der Waals surface area contributed by atoms with Crippen LogP contribution in [0.25, 0.3) is 0 Å². The number of hydrogen-bond acceptors (Lipinski definition) is 5. The van der Waals surface area contributed by atoms with Gasteiger partial charge in [0.25, 0.3) is 0 Å². The van der Waals surface area contributed by atoms with E-state index in [0.29, 0.717) is 25.9 Å². The third-order valence-corrected chi connectivity index (χ3v) is 11.6. The zero-order valence-corrected chi connectivity index (χ0v) is 43.4. The SMILES string of the molecule is CC/C=C\C/C=C\C/C=C\C/C=C\C/C=C\C/C=C\CCC(=O)OCC(COCCCCCCCCCCCCCCCC)OC(=O)CCCCCCCCC/C=C\C/C=C\CCCCC. The average molecular weight is 917 g/mol. The van der Waals surface area contributed by atoms with E-state index < -0.39 is 6.10 Å². The third-order valence-electron chi connectivity index (χ3n) is 11.6. The minimum Gasteiger partial charge on any atom is -0.462 e. The fourth-order valence-electron chi connectivity index (χ4n) is 7.51. The predicted octanol–water partition coefficient (Wildman–Crippen LogP) is 19.0. The number of ether oxygens (including phenoxy) is 3. The lowest BCUT2D eigenvalue weighted by molar-refractivity contribution is -0.162. The first-order valence-corrected chi connectivity index (χ1v) is 27.8. The van der Waals surface area contributed by atoms with Gasteiger partial charge in [-0.25, -0.2) is 0 Å². The third kappa shape index (κ3) is 53.4. The van der Waals surface area contributed by atoms with E-state index in [9.17, 15) is 9.59 Å². The molecule has 5 nitrogen and oxygen atoms in total. The molecule has 0 fully saturated rings. The van der Waals surface area contributed by atoms with Gasteiger partial charge in [-0.15, -0.1) is 0 Å². The summed E-state index contributed by atoms with van der Waals surface area (Å²) >= 11 is 0. The molecular formula is C61H104O5. The van der Waals surface area contributed by atoms with Crippen LogP contribution in [0.4, 0.5) is 0 Å². The van der Waals surface area contributed by atoms with Crippen molar-refractivity contribution in [1.29, 1.82) is 0 Å². The first kappa shape index (κ1) is 62.8. The van der Waals surface area contributed by atoms with E-state index >= 15 is 0 Å². The lowest BCUT2D eigenvalue weighted by atomic mass is 10.0. The van der Waals surface area contributed by atoms with Crippen LogP contribution in [0.1, 0.15) is 252 Å². The summed E-state index contributed by atoms with van der Waals surface area (Å²) in [5.74, 6) is -0.499. The topological polar surface area (TPSA) is 61.8 Å². The van der Waals surface area contributed by atoms with Crippen LogP contribution >= 0.6 is 0 Å². The zero-order chi connectivity index (χ0) is 47.7. The van der Waals surface area contributed by atoms with Gasteiger partial charge in [0.15, 0.2) is 6.10 Å². The Kier molecular flexibility index (Phi) is 53.4. The van der Waals surface area contributed by atoms with Crippen molar-refractivity contribution >= 4 is 11.9 Å². The Morgan fingerprint density at radius 2 is 0.712 bits per heavy atom. The van der Waals surface area contributed by atoms with Crippen molar-refractivity contribution in [2.45, 2.75) is 258 Å². The summed E-state index contributed by atoms with van der Waals surface area (Å²) in [5, 5.41) is 0. The molecule has 0 aliphatic rings. The Balaban J connectivity index is 4.40. The van der Waals surface area contributed by atoms with Gasteiger partial charge in [-0.3, -0.25) is 9.59 Å². The van der Waals surface area contributed by atoms with E-state index in [1.807, 2.05) is 6.08 Å². The molecule has 0 saturated heterocycles. The summed E-state index contributed by atoms with van der Waals surface area (Å²) in [7, 11) is 0. The number of rotatable bonds is 50. The molecule has 0 aromatic carbocycles. The maximum absolute atomic E-state index is 12.8. The molecule has 1 atom stereocenters. The van der Waals surface area contributed by atoms with Crippen LogP contribution in [0.5, 0.6) is 0 Å². The molecule has 1 unspecified atom stereocenters. The molecule has 0 rings (SSSR count). The lowest BCUT2D eigenvalue weighted by Crippen LogP contribution is -2.30. The first-order valence-electron chi connectivity index (χ1n) is 27.8. The summed E-state index contributed by atoms with van der Waals surface area (Å²) in [5.41, 5.74) is 0. The van der Waals surface area contributed by atoms with Crippen molar-refractivity contribution in [3.63, 3.8) is 0 Å². The quantitative estimate of drug-likeness (QED) is 0.0346. The van der Waals surface area contributed by atoms with Gasteiger partial charge in [-0.2, -0.15) is 0 Å². The van der Waals surface area contributed by atoms with Crippen LogP contribution in [-0.2, 0) is 23.8 Å². The second kappa shape index (κ2) is 56.1. The van der Waals surface area contributed by atoms with Gasteiger partial charge in [0.2, 0.25) is 0 Å². The van der Waals surface area contributed by atoms with E-state index in [2.05, 4.69) is 112 Å². The molecule has 0 aliphatic carbocycles. The normalized spacial score (nSPS) is 13.0. The summed E-state index contributed by atoms with van der Waals surface area (Å²) < 4.78 is 17.4. The van der Waals surface area contributed by atoms with Gasteiger partial charge in [-0.05, 0) is 89.9 Å². The second-order valence-corrected chi connectivity index (χ2v) is 18.1. The largest absolute Gasteiger partial charge is 0.462 e. The van der Waals surface area contributed by atoms with Crippen molar-refractivity contribution in [2.75, 3.05) is 19.8 Å². The molecule has 0 amide bonds. The Morgan fingerprint density at radius 3 is 1.18 bits per heavy atom. The summed E-state index contributed by atoms with van der Waals surface area (Å²) in [6.45, 7) is 7.62. The molecule has 0 radical (unpaired) electrons. The van der Waals surface area contributed by atoms with Crippen LogP contribution < -0.4 is 0 Å². The summed E-state index contributed by atoms with van der Waals surface area (Å²) in [6, 6.07) is 0. The summed E-state index contributed by atoms with van der Waals surface area (Å²) in [4.78, 5) is 25.4. The molecule has 0 saturated carbocycles. The van der Waals surface area contributed by atoms with Crippen molar-refractivity contribution in [2.24, 2.45) is 0 Å². The first-order chi connectivity index (χ1) is 32.6. The smallest absolute Gasteiger partial charge is 0.306 e. The van der Waals surface area contributed by atoms with Crippen LogP contribution in [-0.4, -0.2) is 37.9 Å². The highest BCUT2D eigenvalue weighted by atomic mass is 16.6. The maximum Gasteiger partial charge on any atom is 0.306 e. The van der Waals surface area contributed by atoms with Gasteiger partial charge in [0, 0.05) is 19.4 Å². The predicted molar refractivity (Wildman–Crippen MR) is 288 cm³/mol. The van der Waals surface area contributed by atoms with Gasteiger partial charge >= 0.3 is 11.9 Å². The van der Waals surface area contributed by atoms with E-state index in [-0.39, 0.29) is 25.2 Å². The molecular weight excluding hydrogens is 813 g/mol. The maximum atomic E-state index is 12.8. The minimum absolute atomic E-state index is 0.0397. The molecule has 0 aromatic rings. The van der Waals surface area contributed by atoms with E-state index in [0.717, 1.165) is 77.0 Å². The molecule has 0 heterocycles. The van der Waals surface area contributed by atoms with Gasteiger partial charge in [0.05, 0.1) is 6.61 Å². The molecule has 66 heavy (non-hydrogen) atoms. The second-order valence-electron chi connectivity index (χ2n) is 18.1. The Labute approximate surface area is 409 Å². The van der Waals surface area contributed by atoms with Crippen molar-refractivity contribution in [3.8, 4) is 0 Å². The molecule has 0 spiro atoms. The van der Waals surface area contributed by atoms with E-state index in [4.69, 9.17) is 14.2 Å². The van der Waals surface area contributed by atoms with Gasteiger partial charge in [0.1, 0.15) is 6.61 Å². The molecule has 0 N–H and O–H groups in total. The molecule has 0 aromatic heterocycles. The lowest BCUT2D eigenvalue weighted by Gasteiger charge is -2.18. The van der Waals surface area contributed by atoms with Crippen LogP contribution in [0.3, 0.4) is 0 Å². The highest BCUT2D eigenvalue weighted by Gasteiger charge is 2.17. The van der Waals surface area contributed by atoms with Crippen molar-refractivity contribution in [1.82, 2.24) is 0 Å². The fourth-order valence-corrected chi connectivity index (χ4v) is 7.51. The minimum atomic E-state index is -0.574. The number of allylic oxidation sites excluding steroid dienone is 16. The highest BCUT2D eigenvalue weighted by molar-refractivity contribution is 5.70. The summed E-state index contributed by atoms with van der Waals surface area (Å²) in [6.07, 6.45) is 75.7. The van der Waals surface area contributed by atoms with Gasteiger partial charge < -0.3 is 14.2 Å². The number of hydrogen-bond donors (Lipinski definition) is 0. The van der Waals surface area contributed by atoms with Crippen molar-refractivity contribution < 1.29 is 23.8 Å². The molecule has 378 valence electrons. The van der Waals surface area contributed by atoms with E-state index in [1.54, 1.807) is 0 Å². The number of unbranched alkanes of at least 4 members (excludes halogenated alkanes) is 23.